The van der Waals surface area contributed by atoms with Crippen molar-refractivity contribution in [3.63, 3.8) is 0 Å². The fourth-order valence-corrected chi connectivity index (χ4v) is 8.15. The number of sulfonamides is 1. The lowest BCUT2D eigenvalue weighted by molar-refractivity contribution is -0.121. The van der Waals surface area contributed by atoms with Crippen LogP contribution in [0.25, 0.3) is 10.2 Å². The second-order valence-corrected chi connectivity index (χ2v) is 12.2. The zero-order chi connectivity index (χ0) is 21.6. The number of hydrogen-bond donors (Lipinski definition) is 0. The Balaban J connectivity index is 1.73. The van der Waals surface area contributed by atoms with Gasteiger partial charge in [0.25, 0.3) is 15.9 Å². The van der Waals surface area contributed by atoms with E-state index in [0.29, 0.717) is 35.1 Å². The van der Waals surface area contributed by atoms with E-state index in [1.165, 1.54) is 32.8 Å². The molecule has 0 bridgehead atoms. The maximum absolute atomic E-state index is 13.1. The first-order valence-corrected chi connectivity index (χ1v) is 13.1. The number of carbonyl (C=O) groups excluding carboxylic acids is 1. The number of hydrogen-bond acceptors (Lipinski definition) is 5. The van der Waals surface area contributed by atoms with Crippen molar-refractivity contribution in [2.75, 3.05) is 6.54 Å². The lowest BCUT2D eigenvalue weighted by atomic mass is 10.1. The number of amides is 1. The molecule has 0 saturated carbocycles. The highest BCUT2D eigenvalue weighted by atomic mass is 35.5. The zero-order valence-corrected chi connectivity index (χ0v) is 20.1. The van der Waals surface area contributed by atoms with Gasteiger partial charge in [-0.25, -0.2) is 8.42 Å². The Morgan fingerprint density at radius 2 is 1.97 bits per heavy atom. The van der Waals surface area contributed by atoms with Gasteiger partial charge < -0.3 is 4.57 Å². The highest BCUT2D eigenvalue weighted by Gasteiger charge is 2.40. The first-order chi connectivity index (χ1) is 14.2. The van der Waals surface area contributed by atoms with E-state index in [9.17, 15) is 13.2 Å². The molecule has 3 aromatic rings. The van der Waals surface area contributed by atoms with Gasteiger partial charge in [-0.2, -0.15) is 9.30 Å². The summed E-state index contributed by atoms with van der Waals surface area (Å²) < 4.78 is 31.0. The molecule has 1 aromatic carbocycles. The Labute approximate surface area is 188 Å². The van der Waals surface area contributed by atoms with Gasteiger partial charge in [-0.1, -0.05) is 22.9 Å². The molecular weight excluding hydrogens is 462 g/mol. The predicted molar refractivity (Wildman–Crippen MR) is 122 cm³/mol. The van der Waals surface area contributed by atoms with Crippen LogP contribution in [-0.4, -0.2) is 35.8 Å². The molecular formula is C20H22ClN3O3S3. The van der Waals surface area contributed by atoms with Gasteiger partial charge in [0.2, 0.25) is 0 Å². The average molecular weight is 484 g/mol. The van der Waals surface area contributed by atoms with Crippen LogP contribution in [0.3, 0.4) is 0 Å². The van der Waals surface area contributed by atoms with Gasteiger partial charge in [0.1, 0.15) is 10.3 Å². The fourth-order valence-electron chi connectivity index (χ4n) is 3.71. The number of thiazole rings is 1. The largest absolute Gasteiger partial charge is 0.317 e. The van der Waals surface area contributed by atoms with Crippen LogP contribution in [0.2, 0.25) is 4.34 Å². The molecule has 10 heteroatoms. The molecule has 160 valence electrons. The number of aryl methyl sites for hydroxylation is 3. The first-order valence-electron chi connectivity index (χ1n) is 9.68. The average Bonchev–Trinajstić information content (AvgIpc) is 3.41. The van der Waals surface area contributed by atoms with E-state index in [4.69, 9.17) is 11.6 Å². The van der Waals surface area contributed by atoms with Crippen molar-refractivity contribution >= 4 is 60.4 Å². The topological polar surface area (TPSA) is 71.7 Å². The number of nitrogens with zero attached hydrogens (tertiary/aromatic N) is 3. The maximum atomic E-state index is 13.1. The second-order valence-electron chi connectivity index (χ2n) is 7.32. The van der Waals surface area contributed by atoms with Gasteiger partial charge in [0, 0.05) is 13.1 Å². The molecule has 0 N–H and O–H groups in total. The van der Waals surface area contributed by atoms with Crippen molar-refractivity contribution in [2.24, 2.45) is 4.99 Å². The number of benzene rings is 1. The maximum Gasteiger partial charge on any atom is 0.266 e. The van der Waals surface area contributed by atoms with E-state index < -0.39 is 22.0 Å². The minimum atomic E-state index is -3.77. The molecule has 1 aliphatic heterocycles. The van der Waals surface area contributed by atoms with Crippen LogP contribution >= 0.6 is 34.3 Å². The second kappa shape index (κ2) is 8.20. The van der Waals surface area contributed by atoms with E-state index >= 15 is 0 Å². The molecule has 1 amide bonds. The lowest BCUT2D eigenvalue weighted by Gasteiger charge is -2.20. The summed E-state index contributed by atoms with van der Waals surface area (Å²) in [6, 6.07) is 6.48. The van der Waals surface area contributed by atoms with Crippen molar-refractivity contribution in [2.45, 2.75) is 50.4 Å². The van der Waals surface area contributed by atoms with Crippen molar-refractivity contribution in [3.8, 4) is 0 Å². The van der Waals surface area contributed by atoms with E-state index in [-0.39, 0.29) is 4.21 Å². The Morgan fingerprint density at radius 3 is 2.63 bits per heavy atom. The Kier molecular flexibility index (Phi) is 5.93. The summed E-state index contributed by atoms with van der Waals surface area (Å²) in [5, 5.41) is 0. The van der Waals surface area contributed by atoms with Crippen LogP contribution in [-0.2, 0) is 21.4 Å². The standard InChI is InChI=1S/C20H22ClN3O3S3/c1-4-23-15-10-12(2)13(3)11-16(15)28-20(23)22-19(25)14-6-5-9-24(14)30(26,27)18-8-7-17(21)29-18/h7-8,10-11,14H,4-6,9H2,1-3H3. The van der Waals surface area contributed by atoms with E-state index in [1.54, 1.807) is 6.07 Å². The third-order valence-corrected chi connectivity index (χ3v) is 10.1. The summed E-state index contributed by atoms with van der Waals surface area (Å²) >= 11 is 8.38. The molecule has 1 aliphatic rings. The fraction of sp³-hybridized carbons (Fsp3) is 0.400. The third kappa shape index (κ3) is 3.78. The quantitative estimate of drug-likeness (QED) is 0.554. The number of carbonyl (C=O) groups is 1. The van der Waals surface area contributed by atoms with Gasteiger partial charge in [-0.05, 0) is 69.0 Å². The van der Waals surface area contributed by atoms with Crippen molar-refractivity contribution < 1.29 is 13.2 Å². The molecule has 2 aromatic heterocycles. The smallest absolute Gasteiger partial charge is 0.266 e. The normalized spacial score (nSPS) is 18.5. The minimum absolute atomic E-state index is 0.156. The predicted octanol–water partition coefficient (Wildman–Crippen LogP) is 4.34. The number of fused-ring (bicyclic) bond motifs is 1. The monoisotopic (exact) mass is 483 g/mol. The summed E-state index contributed by atoms with van der Waals surface area (Å²) in [6.07, 6.45) is 1.10. The Morgan fingerprint density at radius 1 is 1.23 bits per heavy atom. The molecule has 4 rings (SSSR count). The van der Waals surface area contributed by atoms with Crippen LogP contribution in [0, 0.1) is 13.8 Å². The van der Waals surface area contributed by atoms with Gasteiger partial charge >= 0.3 is 0 Å². The number of halogens is 1. The summed E-state index contributed by atoms with van der Waals surface area (Å²) in [6.45, 7) is 7.12. The highest BCUT2D eigenvalue weighted by Crippen LogP contribution is 2.32. The third-order valence-electron chi connectivity index (χ3n) is 5.42. The lowest BCUT2D eigenvalue weighted by Crippen LogP contribution is -2.40. The van der Waals surface area contributed by atoms with Crippen LogP contribution in [0.5, 0.6) is 0 Å². The molecule has 6 nitrogen and oxygen atoms in total. The van der Waals surface area contributed by atoms with Gasteiger partial charge in [0.05, 0.1) is 14.6 Å². The zero-order valence-electron chi connectivity index (χ0n) is 16.9. The minimum Gasteiger partial charge on any atom is -0.317 e. The molecule has 3 heterocycles. The summed E-state index contributed by atoms with van der Waals surface area (Å²) in [7, 11) is -3.77. The number of rotatable bonds is 4. The van der Waals surface area contributed by atoms with E-state index in [2.05, 4.69) is 31.0 Å². The molecule has 1 atom stereocenters. The van der Waals surface area contributed by atoms with Gasteiger partial charge in [0.15, 0.2) is 4.80 Å². The Hall–Kier alpha value is -1.52. The summed E-state index contributed by atoms with van der Waals surface area (Å²) in [5.41, 5.74) is 3.41. The Bertz CT molecular complexity index is 1300. The van der Waals surface area contributed by atoms with E-state index in [0.717, 1.165) is 21.6 Å². The molecule has 1 unspecified atom stereocenters. The van der Waals surface area contributed by atoms with Crippen molar-refractivity contribution in [1.29, 1.82) is 0 Å². The number of thiophene rings is 1. The SMILES string of the molecule is CCn1c(=NC(=O)C2CCCN2S(=O)(=O)c2ccc(Cl)s2)sc2cc(C)c(C)cc21. The van der Waals surface area contributed by atoms with Gasteiger partial charge in [-0.3, -0.25) is 4.79 Å². The van der Waals surface area contributed by atoms with Crippen LogP contribution in [0.4, 0.5) is 0 Å². The van der Waals surface area contributed by atoms with E-state index in [1.807, 2.05) is 11.5 Å². The first kappa shape index (κ1) is 21.7. The van der Waals surface area contributed by atoms with Crippen molar-refractivity contribution in [1.82, 2.24) is 8.87 Å². The highest BCUT2D eigenvalue weighted by molar-refractivity contribution is 7.91. The van der Waals surface area contributed by atoms with Crippen LogP contribution in [0.15, 0.2) is 33.5 Å². The number of aromatic nitrogens is 1. The summed E-state index contributed by atoms with van der Waals surface area (Å²) in [4.78, 5) is 18.1. The van der Waals surface area contributed by atoms with Crippen molar-refractivity contribution in [3.05, 3.63) is 44.5 Å². The molecule has 0 aliphatic carbocycles. The molecule has 30 heavy (non-hydrogen) atoms. The van der Waals surface area contributed by atoms with Crippen LogP contribution < -0.4 is 4.80 Å². The van der Waals surface area contributed by atoms with Gasteiger partial charge in [-0.15, -0.1) is 11.3 Å². The summed E-state index contributed by atoms with van der Waals surface area (Å²) in [5.74, 6) is -0.416. The molecule has 0 radical (unpaired) electrons. The van der Waals surface area contributed by atoms with Crippen LogP contribution in [0.1, 0.15) is 30.9 Å². The molecule has 1 saturated heterocycles. The molecule has 1 fully saturated rings. The molecule has 0 spiro atoms.